The lowest BCUT2D eigenvalue weighted by atomic mass is 10.2. The molecule has 2 heteroatoms. The summed E-state index contributed by atoms with van der Waals surface area (Å²) < 4.78 is 0. The van der Waals surface area contributed by atoms with E-state index in [0.29, 0.717) is 0 Å². The lowest BCUT2D eigenvalue weighted by molar-refractivity contribution is 0.272. The van der Waals surface area contributed by atoms with Gasteiger partial charge in [-0.2, -0.15) is 5.10 Å². The topological polar surface area (TPSA) is 15.6 Å². The largest absolute Gasteiger partial charge is 0.288 e. The van der Waals surface area contributed by atoms with Gasteiger partial charge in [-0.15, -0.1) is 0 Å². The first-order chi connectivity index (χ1) is 9.74. The maximum absolute atomic E-state index is 4.52. The number of hydrogen-bond donors (Lipinski definition) is 0. The summed E-state index contributed by atoms with van der Waals surface area (Å²) in [4.78, 5) is 0. The Morgan fingerprint density at radius 3 is 1.80 bits per heavy atom. The van der Waals surface area contributed by atoms with Crippen LogP contribution in [-0.2, 0) is 13.1 Å². The smallest absolute Gasteiger partial charge is 0.0614 e. The Bertz CT molecular complexity index is 517. The van der Waals surface area contributed by atoms with Gasteiger partial charge in [0.1, 0.15) is 0 Å². The van der Waals surface area contributed by atoms with E-state index in [1.165, 1.54) is 11.1 Å². The fourth-order valence-electron chi connectivity index (χ4n) is 1.91. The SMILES string of the molecule is C=C(C)/C=N/N(Cc1ccccc1)Cc1ccccc1. The van der Waals surface area contributed by atoms with Crippen LogP contribution in [0.3, 0.4) is 0 Å². The van der Waals surface area contributed by atoms with E-state index in [2.05, 4.69) is 65.2 Å². The van der Waals surface area contributed by atoms with Crippen LogP contribution >= 0.6 is 0 Å². The molecule has 0 saturated carbocycles. The van der Waals surface area contributed by atoms with Gasteiger partial charge in [-0.05, 0) is 23.6 Å². The molecule has 2 rings (SSSR count). The first-order valence-corrected chi connectivity index (χ1v) is 6.76. The van der Waals surface area contributed by atoms with Crippen molar-refractivity contribution in [3.05, 3.63) is 83.9 Å². The summed E-state index contributed by atoms with van der Waals surface area (Å²) in [6.07, 6.45) is 1.81. The van der Waals surface area contributed by atoms with Crippen molar-refractivity contribution in [1.82, 2.24) is 5.01 Å². The van der Waals surface area contributed by atoms with Gasteiger partial charge >= 0.3 is 0 Å². The van der Waals surface area contributed by atoms with E-state index in [1.807, 2.05) is 25.3 Å². The molecule has 2 aromatic carbocycles. The van der Waals surface area contributed by atoms with Crippen LogP contribution < -0.4 is 0 Å². The van der Waals surface area contributed by atoms with Crippen molar-refractivity contribution < 1.29 is 0 Å². The molecule has 102 valence electrons. The number of nitrogens with zero attached hydrogens (tertiary/aromatic N) is 2. The lowest BCUT2D eigenvalue weighted by Gasteiger charge is -2.19. The zero-order chi connectivity index (χ0) is 14.2. The number of hydrazone groups is 1. The summed E-state index contributed by atoms with van der Waals surface area (Å²) >= 11 is 0. The Hall–Kier alpha value is -2.35. The van der Waals surface area contributed by atoms with Crippen molar-refractivity contribution in [3.63, 3.8) is 0 Å². The Morgan fingerprint density at radius 2 is 1.40 bits per heavy atom. The molecule has 0 N–H and O–H groups in total. The molecule has 0 fully saturated rings. The highest BCUT2D eigenvalue weighted by atomic mass is 15.4. The number of allylic oxidation sites excluding steroid dienone is 1. The Kier molecular flexibility index (Phi) is 5.13. The van der Waals surface area contributed by atoms with Crippen molar-refractivity contribution in [1.29, 1.82) is 0 Å². The Labute approximate surface area is 121 Å². The van der Waals surface area contributed by atoms with Crippen molar-refractivity contribution in [2.45, 2.75) is 20.0 Å². The van der Waals surface area contributed by atoms with Crippen LogP contribution in [-0.4, -0.2) is 11.2 Å². The van der Waals surface area contributed by atoms with Gasteiger partial charge in [0, 0.05) is 6.21 Å². The molecular weight excluding hydrogens is 244 g/mol. The third kappa shape index (κ3) is 4.73. The number of benzene rings is 2. The summed E-state index contributed by atoms with van der Waals surface area (Å²) in [5.41, 5.74) is 3.46. The molecule has 0 saturated heterocycles. The predicted octanol–water partition coefficient (Wildman–Crippen LogP) is 4.25. The summed E-state index contributed by atoms with van der Waals surface area (Å²) in [5, 5.41) is 6.58. The molecule has 0 aliphatic heterocycles. The predicted molar refractivity (Wildman–Crippen MR) is 85.4 cm³/mol. The van der Waals surface area contributed by atoms with Gasteiger partial charge in [-0.25, -0.2) is 0 Å². The zero-order valence-electron chi connectivity index (χ0n) is 11.9. The van der Waals surface area contributed by atoms with Gasteiger partial charge in [-0.3, -0.25) is 5.01 Å². The van der Waals surface area contributed by atoms with Gasteiger partial charge in [0.25, 0.3) is 0 Å². The second kappa shape index (κ2) is 7.29. The van der Waals surface area contributed by atoms with Crippen molar-refractivity contribution in [2.75, 3.05) is 0 Å². The highest BCUT2D eigenvalue weighted by Gasteiger charge is 2.03. The van der Waals surface area contributed by atoms with Crippen LogP contribution in [0, 0.1) is 0 Å². The molecule has 0 spiro atoms. The van der Waals surface area contributed by atoms with Crippen LogP contribution in [0.1, 0.15) is 18.1 Å². The molecule has 0 bridgehead atoms. The molecule has 0 amide bonds. The molecule has 0 aliphatic rings. The van der Waals surface area contributed by atoms with E-state index in [9.17, 15) is 0 Å². The van der Waals surface area contributed by atoms with E-state index in [-0.39, 0.29) is 0 Å². The van der Waals surface area contributed by atoms with Gasteiger partial charge in [0.05, 0.1) is 13.1 Å². The molecule has 0 radical (unpaired) electrons. The standard InChI is InChI=1S/C18H20N2/c1-16(2)13-19-20(14-17-9-5-3-6-10-17)15-18-11-7-4-8-12-18/h3-13H,1,14-15H2,2H3/b19-13+. The molecule has 2 nitrogen and oxygen atoms in total. The third-order valence-electron chi connectivity index (χ3n) is 2.86. The highest BCUT2D eigenvalue weighted by molar-refractivity contribution is 5.76. The van der Waals surface area contributed by atoms with Crippen molar-refractivity contribution in [2.24, 2.45) is 5.10 Å². The Balaban J connectivity index is 2.10. The maximum atomic E-state index is 4.52. The van der Waals surface area contributed by atoms with Crippen LogP contribution in [0.15, 0.2) is 77.9 Å². The van der Waals surface area contributed by atoms with Crippen molar-refractivity contribution >= 4 is 6.21 Å². The average Bonchev–Trinajstić information content (AvgIpc) is 2.47. The summed E-state index contributed by atoms with van der Waals surface area (Å²) in [5.74, 6) is 0. The molecule has 0 aliphatic carbocycles. The maximum Gasteiger partial charge on any atom is 0.0614 e. The van der Waals surface area contributed by atoms with E-state index in [1.54, 1.807) is 0 Å². The highest BCUT2D eigenvalue weighted by Crippen LogP contribution is 2.10. The number of rotatable bonds is 6. The van der Waals surface area contributed by atoms with Crippen LogP contribution in [0.5, 0.6) is 0 Å². The quantitative estimate of drug-likeness (QED) is 0.562. The number of hydrogen-bond acceptors (Lipinski definition) is 2. The van der Waals surface area contributed by atoms with Gasteiger partial charge in [0.15, 0.2) is 0 Å². The van der Waals surface area contributed by atoms with Crippen LogP contribution in [0.2, 0.25) is 0 Å². The molecule has 0 atom stereocenters. The normalized spacial score (nSPS) is 10.7. The molecular formula is C18H20N2. The average molecular weight is 264 g/mol. The first kappa shape index (κ1) is 14.1. The minimum Gasteiger partial charge on any atom is -0.288 e. The molecule has 20 heavy (non-hydrogen) atoms. The first-order valence-electron chi connectivity index (χ1n) is 6.76. The minimum atomic E-state index is 0.791. The van der Waals surface area contributed by atoms with E-state index < -0.39 is 0 Å². The van der Waals surface area contributed by atoms with E-state index >= 15 is 0 Å². The monoisotopic (exact) mass is 264 g/mol. The van der Waals surface area contributed by atoms with Gasteiger partial charge in [0.2, 0.25) is 0 Å². The minimum absolute atomic E-state index is 0.791. The third-order valence-corrected chi connectivity index (χ3v) is 2.86. The second-order valence-electron chi connectivity index (χ2n) is 4.88. The molecule has 0 aromatic heterocycles. The van der Waals surface area contributed by atoms with E-state index in [0.717, 1.165) is 18.7 Å². The van der Waals surface area contributed by atoms with Crippen LogP contribution in [0.25, 0.3) is 0 Å². The second-order valence-corrected chi connectivity index (χ2v) is 4.88. The van der Waals surface area contributed by atoms with Gasteiger partial charge < -0.3 is 0 Å². The molecule has 2 aromatic rings. The molecule has 0 heterocycles. The van der Waals surface area contributed by atoms with E-state index in [4.69, 9.17) is 0 Å². The van der Waals surface area contributed by atoms with Gasteiger partial charge in [-0.1, -0.05) is 67.2 Å². The van der Waals surface area contributed by atoms with Crippen LogP contribution in [0.4, 0.5) is 0 Å². The summed E-state index contributed by atoms with van der Waals surface area (Å²) in [6.45, 7) is 7.40. The lowest BCUT2D eigenvalue weighted by Crippen LogP contribution is -2.16. The molecule has 0 unspecified atom stereocenters. The van der Waals surface area contributed by atoms with Crippen molar-refractivity contribution in [3.8, 4) is 0 Å². The summed E-state index contributed by atoms with van der Waals surface area (Å²) in [6, 6.07) is 20.8. The fraction of sp³-hybridized carbons (Fsp3) is 0.167. The fourth-order valence-corrected chi connectivity index (χ4v) is 1.91. The summed E-state index contributed by atoms with van der Waals surface area (Å²) in [7, 11) is 0. The Morgan fingerprint density at radius 1 is 0.950 bits per heavy atom. The zero-order valence-corrected chi connectivity index (χ0v) is 11.9.